The van der Waals surface area contributed by atoms with E-state index >= 15 is 0 Å². The summed E-state index contributed by atoms with van der Waals surface area (Å²) < 4.78 is 56.2. The molecule has 3 heterocycles. The number of benzene rings is 2. The maximum Gasteiger partial charge on any atom is 0.419 e. The van der Waals surface area contributed by atoms with Gasteiger partial charge in [0.05, 0.1) is 17.6 Å². The summed E-state index contributed by atoms with van der Waals surface area (Å²) in [5.41, 5.74) is 1.18. The third-order valence-electron chi connectivity index (χ3n) is 6.21. The van der Waals surface area contributed by atoms with Crippen molar-refractivity contribution in [3.8, 4) is 16.8 Å². The molecule has 2 aromatic heterocycles. The zero-order chi connectivity index (χ0) is 25.6. The van der Waals surface area contributed by atoms with Gasteiger partial charge >= 0.3 is 6.18 Å². The third kappa shape index (κ3) is 4.19. The number of hydrogen-bond donors (Lipinski definition) is 0. The molecule has 10 heteroatoms. The summed E-state index contributed by atoms with van der Waals surface area (Å²) in [4.78, 5) is 32.0. The lowest BCUT2D eigenvalue weighted by atomic mass is 9.97. The van der Waals surface area contributed by atoms with E-state index in [0.29, 0.717) is 16.8 Å². The number of halogens is 4. The molecule has 0 aliphatic carbocycles. The number of aromatic nitrogens is 3. The molecule has 1 aliphatic rings. The Kier molecular flexibility index (Phi) is 5.74. The van der Waals surface area contributed by atoms with Gasteiger partial charge in [-0.25, -0.2) is 9.37 Å². The number of imidazole rings is 1. The Hall–Kier alpha value is -4.21. The molecule has 0 unspecified atom stereocenters. The smallest absolute Gasteiger partial charge is 0.331 e. The fourth-order valence-corrected chi connectivity index (χ4v) is 4.42. The van der Waals surface area contributed by atoms with Gasteiger partial charge in [-0.15, -0.1) is 0 Å². The number of hydrogen-bond acceptors (Lipinski definition) is 3. The van der Waals surface area contributed by atoms with Gasteiger partial charge in [0.25, 0.3) is 11.5 Å². The zero-order valence-corrected chi connectivity index (χ0v) is 19.1. The van der Waals surface area contributed by atoms with E-state index in [1.165, 1.54) is 17.0 Å². The van der Waals surface area contributed by atoms with E-state index in [9.17, 15) is 27.2 Å². The van der Waals surface area contributed by atoms with Crippen LogP contribution in [0.15, 0.2) is 71.9 Å². The maximum absolute atomic E-state index is 14.2. The first-order chi connectivity index (χ1) is 17.1. The Bertz CT molecular complexity index is 1540. The highest BCUT2D eigenvalue weighted by atomic mass is 19.4. The first-order valence-corrected chi connectivity index (χ1v) is 11.1. The van der Waals surface area contributed by atoms with Gasteiger partial charge in [0.1, 0.15) is 17.2 Å². The fraction of sp³-hybridized carbons (Fsp3) is 0.192. The Balaban J connectivity index is 1.44. The Morgan fingerprint density at radius 3 is 2.47 bits per heavy atom. The van der Waals surface area contributed by atoms with Crippen molar-refractivity contribution in [1.29, 1.82) is 0 Å². The predicted octanol–water partition coefficient (Wildman–Crippen LogP) is 4.82. The Labute approximate surface area is 203 Å². The number of amides is 1. The molecule has 0 bridgehead atoms. The molecular formula is C26H20F4N4O2. The number of rotatable bonds is 4. The molecule has 0 N–H and O–H groups in total. The highest BCUT2D eigenvalue weighted by molar-refractivity contribution is 5.93. The standard InChI is InChI=1S/C26H20F4N4O2/c1-16-13-33(15-31-16)22-8-9-23-24(35)32(10-11-34(23)25(22)36)14-18-4-2-3-5-19(18)17-6-7-20(21(27)12-17)26(28,29)30/h2-9,12-13,15H,10-11,14H2,1H3. The van der Waals surface area contributed by atoms with Crippen LogP contribution in [0.1, 0.15) is 27.3 Å². The topological polar surface area (TPSA) is 60.1 Å². The number of alkyl halides is 3. The van der Waals surface area contributed by atoms with Crippen LogP contribution in [0.25, 0.3) is 16.8 Å². The molecule has 0 spiro atoms. The first-order valence-electron chi connectivity index (χ1n) is 11.1. The van der Waals surface area contributed by atoms with Crippen molar-refractivity contribution in [1.82, 2.24) is 19.0 Å². The molecule has 0 saturated carbocycles. The molecular weight excluding hydrogens is 476 g/mol. The normalized spacial score (nSPS) is 13.7. The van der Waals surface area contributed by atoms with Gasteiger partial charge in [-0.1, -0.05) is 30.3 Å². The van der Waals surface area contributed by atoms with Crippen LogP contribution in [0.2, 0.25) is 0 Å². The lowest BCUT2D eigenvalue weighted by molar-refractivity contribution is -0.139. The summed E-state index contributed by atoms with van der Waals surface area (Å²) in [5.74, 6) is -1.71. The van der Waals surface area contributed by atoms with Gasteiger partial charge < -0.3 is 14.0 Å². The van der Waals surface area contributed by atoms with Crippen LogP contribution in [0.4, 0.5) is 17.6 Å². The van der Waals surface area contributed by atoms with Crippen LogP contribution >= 0.6 is 0 Å². The minimum atomic E-state index is -4.79. The van der Waals surface area contributed by atoms with Gasteiger partial charge in [0.2, 0.25) is 0 Å². The van der Waals surface area contributed by atoms with Crippen molar-refractivity contribution in [3.05, 3.63) is 106 Å². The van der Waals surface area contributed by atoms with Crippen LogP contribution in [0.5, 0.6) is 0 Å². The van der Waals surface area contributed by atoms with E-state index in [2.05, 4.69) is 4.98 Å². The molecule has 5 rings (SSSR count). The van der Waals surface area contributed by atoms with E-state index in [1.54, 1.807) is 52.1 Å². The van der Waals surface area contributed by atoms with Crippen LogP contribution in [-0.4, -0.2) is 31.5 Å². The molecule has 0 fully saturated rings. The average molecular weight is 496 g/mol. The lowest BCUT2D eigenvalue weighted by Gasteiger charge is -2.30. The van der Waals surface area contributed by atoms with Crippen molar-refractivity contribution < 1.29 is 22.4 Å². The van der Waals surface area contributed by atoms with Crippen molar-refractivity contribution in [2.75, 3.05) is 6.54 Å². The number of pyridine rings is 1. The molecule has 1 amide bonds. The van der Waals surface area contributed by atoms with E-state index < -0.39 is 17.6 Å². The maximum atomic E-state index is 14.2. The highest BCUT2D eigenvalue weighted by Gasteiger charge is 2.34. The number of carbonyl (C=O) groups excluding carboxylic acids is 1. The summed E-state index contributed by atoms with van der Waals surface area (Å²) in [6, 6.07) is 12.8. The molecule has 1 aliphatic heterocycles. The van der Waals surface area contributed by atoms with E-state index in [4.69, 9.17) is 0 Å². The predicted molar refractivity (Wildman–Crippen MR) is 124 cm³/mol. The van der Waals surface area contributed by atoms with E-state index in [1.807, 2.05) is 6.92 Å². The van der Waals surface area contributed by atoms with Gasteiger partial charge in [-0.05, 0) is 47.9 Å². The second kappa shape index (κ2) is 8.78. The quantitative estimate of drug-likeness (QED) is 0.381. The molecule has 0 saturated heterocycles. The zero-order valence-electron chi connectivity index (χ0n) is 19.1. The van der Waals surface area contributed by atoms with Crippen molar-refractivity contribution in [3.63, 3.8) is 0 Å². The van der Waals surface area contributed by atoms with Crippen LogP contribution in [-0.2, 0) is 19.3 Å². The summed E-state index contributed by atoms with van der Waals surface area (Å²) in [5, 5.41) is 0. The number of carbonyl (C=O) groups is 1. The van der Waals surface area contributed by atoms with E-state index in [-0.39, 0.29) is 42.4 Å². The molecule has 184 valence electrons. The lowest BCUT2D eigenvalue weighted by Crippen LogP contribution is -2.44. The largest absolute Gasteiger partial charge is 0.419 e. The van der Waals surface area contributed by atoms with Gasteiger partial charge in [0, 0.05) is 25.8 Å². The monoisotopic (exact) mass is 496 g/mol. The van der Waals surface area contributed by atoms with Crippen LogP contribution < -0.4 is 5.56 Å². The second-order valence-corrected chi connectivity index (χ2v) is 8.56. The fourth-order valence-electron chi connectivity index (χ4n) is 4.42. The Morgan fingerprint density at radius 1 is 1.00 bits per heavy atom. The summed E-state index contributed by atoms with van der Waals surface area (Å²) in [7, 11) is 0. The average Bonchev–Trinajstić information content (AvgIpc) is 3.26. The van der Waals surface area contributed by atoms with E-state index in [0.717, 1.165) is 17.8 Å². The summed E-state index contributed by atoms with van der Waals surface area (Å²) in [6.07, 6.45) is -1.52. The van der Waals surface area contributed by atoms with Gasteiger partial charge in [-0.2, -0.15) is 13.2 Å². The SMILES string of the molecule is Cc1cn(-c2ccc3n(c2=O)CCN(Cc2ccccc2-c2ccc(C(F)(F)F)c(F)c2)C3=O)cn1. The highest BCUT2D eigenvalue weighted by Crippen LogP contribution is 2.34. The van der Waals surface area contributed by atoms with Crippen molar-refractivity contribution in [2.24, 2.45) is 0 Å². The molecule has 0 atom stereocenters. The van der Waals surface area contributed by atoms with Crippen LogP contribution in [0.3, 0.4) is 0 Å². The minimum Gasteiger partial charge on any atom is -0.331 e. The molecule has 2 aromatic carbocycles. The number of aryl methyl sites for hydroxylation is 1. The van der Waals surface area contributed by atoms with Crippen molar-refractivity contribution in [2.45, 2.75) is 26.2 Å². The number of fused-ring (bicyclic) bond motifs is 1. The molecule has 6 nitrogen and oxygen atoms in total. The third-order valence-corrected chi connectivity index (χ3v) is 6.21. The van der Waals surface area contributed by atoms with Crippen LogP contribution in [0, 0.1) is 12.7 Å². The molecule has 36 heavy (non-hydrogen) atoms. The number of nitrogens with zero attached hydrogens (tertiary/aromatic N) is 4. The molecule has 0 radical (unpaired) electrons. The summed E-state index contributed by atoms with van der Waals surface area (Å²) >= 11 is 0. The second-order valence-electron chi connectivity index (χ2n) is 8.56. The summed E-state index contributed by atoms with van der Waals surface area (Å²) in [6.45, 7) is 2.49. The van der Waals surface area contributed by atoms with Crippen molar-refractivity contribution >= 4 is 5.91 Å². The first kappa shape index (κ1) is 23.5. The molecule has 4 aromatic rings. The van der Waals surface area contributed by atoms with Gasteiger partial charge in [0.15, 0.2) is 0 Å². The van der Waals surface area contributed by atoms with Gasteiger partial charge in [-0.3, -0.25) is 9.59 Å². The minimum absolute atomic E-state index is 0.147. The Morgan fingerprint density at radius 2 is 1.78 bits per heavy atom.